The van der Waals surface area contributed by atoms with E-state index < -0.39 is 0 Å². The number of anilines is 2. The minimum absolute atomic E-state index is 0.407. The molecule has 1 atom stereocenters. The first kappa shape index (κ1) is 14.0. The summed E-state index contributed by atoms with van der Waals surface area (Å²) in [4.78, 5) is 12.1. The third-order valence-electron chi connectivity index (χ3n) is 4.28. The van der Waals surface area contributed by atoms with Crippen molar-refractivity contribution in [2.45, 2.75) is 18.9 Å². The van der Waals surface area contributed by atoms with Gasteiger partial charge in [-0.05, 0) is 37.6 Å². The average Bonchev–Trinajstić information content (AvgIpc) is 3.05. The van der Waals surface area contributed by atoms with Gasteiger partial charge in [0.2, 0.25) is 0 Å². The van der Waals surface area contributed by atoms with Gasteiger partial charge < -0.3 is 21.4 Å². The van der Waals surface area contributed by atoms with Crippen LogP contribution in [0.5, 0.6) is 0 Å². The van der Waals surface area contributed by atoms with Crippen LogP contribution in [-0.4, -0.2) is 34.1 Å². The van der Waals surface area contributed by atoms with Crippen molar-refractivity contribution in [2.24, 2.45) is 0 Å². The molecule has 1 unspecified atom stereocenters. The summed E-state index contributed by atoms with van der Waals surface area (Å²) in [5.41, 5.74) is 9.63. The number of nitrogen functional groups attached to an aromatic ring is 1. The molecule has 3 aromatic rings. The highest BCUT2D eigenvalue weighted by Crippen LogP contribution is 2.33. The molecule has 4 heterocycles. The van der Waals surface area contributed by atoms with Gasteiger partial charge >= 0.3 is 0 Å². The molecule has 1 fully saturated rings. The molecule has 0 amide bonds. The van der Waals surface area contributed by atoms with E-state index >= 15 is 0 Å². The van der Waals surface area contributed by atoms with Crippen LogP contribution in [0.2, 0.25) is 0 Å². The van der Waals surface area contributed by atoms with E-state index in [1.165, 1.54) is 6.42 Å². The lowest BCUT2D eigenvalue weighted by atomic mass is 10.0. The van der Waals surface area contributed by atoms with Crippen LogP contribution in [-0.2, 0) is 0 Å². The number of H-pyrrole nitrogens is 1. The molecule has 0 aromatic carbocycles. The van der Waals surface area contributed by atoms with Crippen LogP contribution < -0.4 is 16.4 Å². The van der Waals surface area contributed by atoms with Crippen molar-refractivity contribution in [1.82, 2.24) is 20.3 Å². The molecule has 0 spiro atoms. The zero-order valence-corrected chi connectivity index (χ0v) is 12.8. The molecule has 3 aromatic heterocycles. The van der Waals surface area contributed by atoms with Gasteiger partial charge in [0.25, 0.3) is 0 Å². The monoisotopic (exact) mass is 308 g/mol. The van der Waals surface area contributed by atoms with Crippen molar-refractivity contribution in [3.63, 3.8) is 0 Å². The molecule has 1 aliphatic heterocycles. The van der Waals surface area contributed by atoms with Gasteiger partial charge in [0.1, 0.15) is 11.5 Å². The minimum Gasteiger partial charge on any atom is -0.384 e. The van der Waals surface area contributed by atoms with E-state index in [1.807, 2.05) is 24.5 Å². The smallest absolute Gasteiger partial charge is 0.139 e. The third kappa shape index (κ3) is 2.73. The summed E-state index contributed by atoms with van der Waals surface area (Å²) in [6.07, 6.45) is 6.12. The van der Waals surface area contributed by atoms with Crippen LogP contribution in [0, 0.1) is 0 Å². The van der Waals surface area contributed by atoms with Gasteiger partial charge in [-0.25, -0.2) is 9.97 Å². The van der Waals surface area contributed by atoms with Crippen LogP contribution in [0.4, 0.5) is 11.5 Å². The second kappa shape index (κ2) is 5.89. The second-order valence-electron chi connectivity index (χ2n) is 5.92. The van der Waals surface area contributed by atoms with Crippen molar-refractivity contribution in [3.8, 4) is 11.3 Å². The van der Waals surface area contributed by atoms with E-state index in [1.54, 1.807) is 6.07 Å². The fourth-order valence-corrected chi connectivity index (χ4v) is 3.14. The molecular weight excluding hydrogens is 288 g/mol. The second-order valence-corrected chi connectivity index (χ2v) is 5.92. The highest BCUT2D eigenvalue weighted by Gasteiger charge is 2.18. The van der Waals surface area contributed by atoms with Crippen molar-refractivity contribution in [1.29, 1.82) is 0 Å². The molecular formula is C17H20N6. The number of piperidine rings is 1. The number of nitrogens with zero attached hydrogens (tertiary/aromatic N) is 2. The van der Waals surface area contributed by atoms with Crippen LogP contribution in [0.25, 0.3) is 22.3 Å². The Kier molecular flexibility index (Phi) is 3.59. The summed E-state index contributed by atoms with van der Waals surface area (Å²) in [5, 5.41) is 8.22. The first-order valence-electron chi connectivity index (χ1n) is 7.97. The van der Waals surface area contributed by atoms with Crippen LogP contribution in [0.15, 0.2) is 36.7 Å². The first-order chi connectivity index (χ1) is 11.3. The zero-order valence-electron chi connectivity index (χ0n) is 12.8. The Balaban J connectivity index is 1.81. The molecule has 6 nitrogen and oxygen atoms in total. The first-order valence-corrected chi connectivity index (χ1v) is 7.97. The standard InChI is InChI=1S/C17H20N6/c18-15-5-1-4-14(23-15)13-10-21-17-12(6-8-20-17)16(13)22-11-3-2-7-19-9-11/h1,4-6,8,10-11,19H,2-3,7,9H2,(H2,18,23)(H2,20,21,22). The van der Waals surface area contributed by atoms with E-state index in [0.717, 1.165) is 47.5 Å². The lowest BCUT2D eigenvalue weighted by Gasteiger charge is -2.26. The Morgan fingerprint density at radius 2 is 2.22 bits per heavy atom. The molecule has 118 valence electrons. The molecule has 5 N–H and O–H groups in total. The summed E-state index contributed by atoms with van der Waals surface area (Å²) in [7, 11) is 0. The van der Waals surface area contributed by atoms with E-state index in [0.29, 0.717) is 11.9 Å². The average molecular weight is 308 g/mol. The Bertz CT molecular complexity index is 819. The molecule has 1 aliphatic rings. The van der Waals surface area contributed by atoms with Crippen molar-refractivity contribution in [3.05, 3.63) is 36.7 Å². The molecule has 1 saturated heterocycles. The van der Waals surface area contributed by atoms with Gasteiger partial charge in [0, 0.05) is 35.9 Å². The van der Waals surface area contributed by atoms with Crippen molar-refractivity contribution < 1.29 is 0 Å². The number of fused-ring (bicyclic) bond motifs is 1. The number of aromatic amines is 1. The fourth-order valence-electron chi connectivity index (χ4n) is 3.14. The summed E-state index contributed by atoms with van der Waals surface area (Å²) in [6, 6.07) is 8.14. The van der Waals surface area contributed by atoms with E-state index in [-0.39, 0.29) is 0 Å². The largest absolute Gasteiger partial charge is 0.384 e. The Morgan fingerprint density at radius 3 is 3.04 bits per heavy atom. The van der Waals surface area contributed by atoms with E-state index in [2.05, 4.69) is 31.7 Å². The van der Waals surface area contributed by atoms with E-state index in [9.17, 15) is 0 Å². The third-order valence-corrected chi connectivity index (χ3v) is 4.28. The SMILES string of the molecule is Nc1cccc(-c2cnc3[nH]ccc3c2NC2CCCNC2)n1. The number of hydrogen-bond acceptors (Lipinski definition) is 5. The fraction of sp³-hybridized carbons (Fsp3) is 0.294. The maximum Gasteiger partial charge on any atom is 0.139 e. The lowest BCUT2D eigenvalue weighted by Crippen LogP contribution is -2.38. The van der Waals surface area contributed by atoms with Crippen LogP contribution in [0.3, 0.4) is 0 Å². The molecule has 0 bridgehead atoms. The van der Waals surface area contributed by atoms with Crippen LogP contribution >= 0.6 is 0 Å². The van der Waals surface area contributed by atoms with Crippen LogP contribution in [0.1, 0.15) is 12.8 Å². The van der Waals surface area contributed by atoms with Gasteiger partial charge in [-0.3, -0.25) is 0 Å². The number of aromatic nitrogens is 3. The Labute approximate surface area is 134 Å². The molecule has 0 aliphatic carbocycles. The summed E-state index contributed by atoms with van der Waals surface area (Å²) < 4.78 is 0. The quantitative estimate of drug-likeness (QED) is 0.596. The van der Waals surface area contributed by atoms with Crippen molar-refractivity contribution >= 4 is 22.5 Å². The van der Waals surface area contributed by atoms with E-state index in [4.69, 9.17) is 5.73 Å². The normalized spacial score (nSPS) is 18.2. The molecule has 0 radical (unpaired) electrons. The number of nitrogens with two attached hydrogens (primary N) is 1. The number of nitrogens with one attached hydrogen (secondary N) is 3. The maximum atomic E-state index is 5.85. The van der Waals surface area contributed by atoms with Gasteiger partial charge in [-0.2, -0.15) is 0 Å². The summed E-state index contributed by atoms with van der Waals surface area (Å²) >= 11 is 0. The van der Waals surface area contributed by atoms with Gasteiger partial charge in [0.15, 0.2) is 0 Å². The van der Waals surface area contributed by atoms with Gasteiger partial charge in [-0.1, -0.05) is 6.07 Å². The maximum absolute atomic E-state index is 5.85. The molecule has 4 rings (SSSR count). The number of rotatable bonds is 3. The summed E-state index contributed by atoms with van der Waals surface area (Å²) in [6.45, 7) is 2.07. The predicted octanol–water partition coefficient (Wildman–Crippen LogP) is 2.37. The Hall–Kier alpha value is -2.60. The number of pyridine rings is 2. The summed E-state index contributed by atoms with van der Waals surface area (Å²) in [5.74, 6) is 0.516. The molecule has 6 heteroatoms. The zero-order chi connectivity index (χ0) is 15.6. The topological polar surface area (TPSA) is 91.6 Å². The predicted molar refractivity (Wildman–Crippen MR) is 93.3 cm³/mol. The highest BCUT2D eigenvalue weighted by atomic mass is 15.0. The molecule has 0 saturated carbocycles. The minimum atomic E-state index is 0.407. The number of hydrogen-bond donors (Lipinski definition) is 4. The van der Waals surface area contributed by atoms with Gasteiger partial charge in [0.05, 0.1) is 11.4 Å². The lowest BCUT2D eigenvalue weighted by molar-refractivity contribution is 0.480. The van der Waals surface area contributed by atoms with Crippen molar-refractivity contribution in [2.75, 3.05) is 24.1 Å². The van der Waals surface area contributed by atoms with Gasteiger partial charge in [-0.15, -0.1) is 0 Å². The highest BCUT2D eigenvalue weighted by molar-refractivity contribution is 5.97. The molecule has 23 heavy (non-hydrogen) atoms. The Morgan fingerprint density at radius 1 is 1.26 bits per heavy atom.